The van der Waals surface area contributed by atoms with Gasteiger partial charge >= 0.3 is 5.97 Å². The van der Waals surface area contributed by atoms with Crippen LogP contribution in [-0.4, -0.2) is 42.7 Å². The molecule has 6 heteroatoms. The lowest BCUT2D eigenvalue weighted by Gasteiger charge is -2.25. The van der Waals surface area contributed by atoms with E-state index in [1.165, 1.54) is 6.26 Å². The van der Waals surface area contributed by atoms with E-state index >= 15 is 0 Å². The van der Waals surface area contributed by atoms with Crippen molar-refractivity contribution in [2.45, 2.75) is 26.4 Å². The van der Waals surface area contributed by atoms with Gasteiger partial charge in [-0.25, -0.2) is 4.79 Å². The van der Waals surface area contributed by atoms with Gasteiger partial charge in [0.05, 0.1) is 0 Å². The Hall–Kier alpha value is -1.56. The minimum Gasteiger partial charge on any atom is -0.455 e. The zero-order valence-electron chi connectivity index (χ0n) is 11.0. The van der Waals surface area contributed by atoms with Gasteiger partial charge in [-0.05, 0) is 20.8 Å². The van der Waals surface area contributed by atoms with E-state index in [0.29, 0.717) is 6.01 Å². The van der Waals surface area contributed by atoms with Gasteiger partial charge in [0.15, 0.2) is 5.69 Å². The molecular weight excluding hydrogens is 234 g/mol. The van der Waals surface area contributed by atoms with Crippen LogP contribution in [0.15, 0.2) is 10.7 Å². The Labute approximate surface area is 106 Å². The van der Waals surface area contributed by atoms with Gasteiger partial charge in [0.25, 0.3) is 6.01 Å². The number of piperazine rings is 1. The summed E-state index contributed by atoms with van der Waals surface area (Å²) in [6.45, 7) is 8.91. The van der Waals surface area contributed by atoms with E-state index in [1.54, 1.807) is 0 Å². The summed E-state index contributed by atoms with van der Waals surface area (Å²) in [5, 5.41) is 3.24. The third kappa shape index (κ3) is 3.22. The second-order valence-electron chi connectivity index (χ2n) is 5.25. The Balaban J connectivity index is 2.03. The molecule has 1 fully saturated rings. The van der Waals surface area contributed by atoms with Crippen LogP contribution in [0.1, 0.15) is 31.3 Å². The van der Waals surface area contributed by atoms with Crippen LogP contribution in [-0.2, 0) is 4.74 Å². The Morgan fingerprint density at radius 1 is 1.44 bits per heavy atom. The van der Waals surface area contributed by atoms with Crippen molar-refractivity contribution >= 4 is 12.0 Å². The van der Waals surface area contributed by atoms with Gasteiger partial charge in [-0.3, -0.25) is 0 Å². The van der Waals surface area contributed by atoms with Crippen LogP contribution in [0.3, 0.4) is 0 Å². The smallest absolute Gasteiger partial charge is 0.360 e. The van der Waals surface area contributed by atoms with E-state index in [1.807, 2.05) is 25.7 Å². The number of hydrogen-bond acceptors (Lipinski definition) is 6. The molecule has 0 aromatic carbocycles. The molecule has 1 saturated heterocycles. The Kier molecular flexibility index (Phi) is 3.56. The molecule has 0 bridgehead atoms. The van der Waals surface area contributed by atoms with Crippen molar-refractivity contribution in [3.63, 3.8) is 0 Å². The maximum Gasteiger partial charge on any atom is 0.360 e. The van der Waals surface area contributed by atoms with Gasteiger partial charge < -0.3 is 19.4 Å². The molecule has 1 aromatic rings. The summed E-state index contributed by atoms with van der Waals surface area (Å²) in [6.07, 6.45) is 1.35. The lowest BCUT2D eigenvalue weighted by Crippen LogP contribution is -2.43. The minimum absolute atomic E-state index is 0.221. The van der Waals surface area contributed by atoms with Crippen molar-refractivity contribution < 1.29 is 13.9 Å². The fourth-order valence-electron chi connectivity index (χ4n) is 1.69. The average Bonchev–Trinajstić information content (AvgIpc) is 2.77. The van der Waals surface area contributed by atoms with Crippen LogP contribution < -0.4 is 10.2 Å². The molecule has 0 spiro atoms. The largest absolute Gasteiger partial charge is 0.455 e. The molecule has 18 heavy (non-hydrogen) atoms. The van der Waals surface area contributed by atoms with Crippen molar-refractivity contribution in [3.8, 4) is 0 Å². The number of oxazole rings is 1. The molecular formula is C12H19N3O3. The second kappa shape index (κ2) is 4.97. The molecule has 0 saturated carbocycles. The molecule has 0 amide bonds. The highest BCUT2D eigenvalue weighted by Crippen LogP contribution is 2.17. The van der Waals surface area contributed by atoms with Gasteiger partial charge in [-0.1, -0.05) is 0 Å². The van der Waals surface area contributed by atoms with Crippen LogP contribution in [0.2, 0.25) is 0 Å². The van der Waals surface area contributed by atoms with Crippen LogP contribution in [0.5, 0.6) is 0 Å². The third-order valence-electron chi connectivity index (χ3n) is 2.49. The number of anilines is 1. The molecule has 2 heterocycles. The lowest BCUT2D eigenvalue weighted by atomic mass is 10.2. The first kappa shape index (κ1) is 12.9. The number of nitrogens with one attached hydrogen (secondary N) is 1. The van der Waals surface area contributed by atoms with Gasteiger partial charge in [0.2, 0.25) is 0 Å². The normalized spacial score (nSPS) is 16.7. The molecule has 1 aliphatic heterocycles. The zero-order valence-corrected chi connectivity index (χ0v) is 11.0. The highest BCUT2D eigenvalue weighted by molar-refractivity contribution is 5.87. The summed E-state index contributed by atoms with van der Waals surface area (Å²) >= 11 is 0. The van der Waals surface area contributed by atoms with Crippen LogP contribution >= 0.6 is 0 Å². The summed E-state index contributed by atoms with van der Waals surface area (Å²) < 4.78 is 10.6. The predicted octanol–water partition coefficient (Wildman–Crippen LogP) is 1.04. The van der Waals surface area contributed by atoms with Gasteiger partial charge in [0.1, 0.15) is 11.9 Å². The van der Waals surface area contributed by atoms with Crippen molar-refractivity contribution in [1.29, 1.82) is 0 Å². The Bertz CT molecular complexity index is 416. The maximum absolute atomic E-state index is 11.8. The van der Waals surface area contributed by atoms with Crippen molar-refractivity contribution in [2.24, 2.45) is 0 Å². The molecule has 2 rings (SSSR count). The molecule has 1 N–H and O–H groups in total. The van der Waals surface area contributed by atoms with E-state index in [-0.39, 0.29) is 5.69 Å². The van der Waals surface area contributed by atoms with Crippen LogP contribution in [0, 0.1) is 0 Å². The third-order valence-corrected chi connectivity index (χ3v) is 2.49. The standard InChI is InChI=1S/C12H19N3O3/c1-12(2,3)18-10(16)9-8-17-11(14-9)15-6-4-13-5-7-15/h8,13H,4-7H2,1-3H3. The van der Waals surface area contributed by atoms with Crippen molar-refractivity contribution in [3.05, 3.63) is 12.0 Å². The molecule has 0 unspecified atom stereocenters. The number of rotatable bonds is 2. The average molecular weight is 253 g/mol. The molecule has 0 radical (unpaired) electrons. The fourth-order valence-corrected chi connectivity index (χ4v) is 1.69. The van der Waals surface area contributed by atoms with Crippen LogP contribution in [0.25, 0.3) is 0 Å². The van der Waals surface area contributed by atoms with Gasteiger partial charge in [0, 0.05) is 26.2 Å². The zero-order chi connectivity index (χ0) is 13.2. The van der Waals surface area contributed by atoms with E-state index in [0.717, 1.165) is 26.2 Å². The van der Waals surface area contributed by atoms with Crippen LogP contribution in [0.4, 0.5) is 6.01 Å². The summed E-state index contributed by atoms with van der Waals surface area (Å²) in [5.41, 5.74) is -0.302. The monoisotopic (exact) mass is 253 g/mol. The van der Waals surface area contributed by atoms with E-state index in [4.69, 9.17) is 9.15 Å². The number of hydrogen-bond donors (Lipinski definition) is 1. The summed E-state index contributed by atoms with van der Waals surface area (Å²) in [4.78, 5) is 18.0. The lowest BCUT2D eigenvalue weighted by molar-refractivity contribution is 0.00629. The Morgan fingerprint density at radius 3 is 2.72 bits per heavy atom. The first-order valence-electron chi connectivity index (χ1n) is 6.10. The molecule has 100 valence electrons. The molecule has 6 nitrogen and oxygen atoms in total. The van der Waals surface area contributed by atoms with E-state index in [9.17, 15) is 4.79 Å². The topological polar surface area (TPSA) is 67.6 Å². The number of aromatic nitrogens is 1. The molecule has 1 aliphatic rings. The molecule has 0 atom stereocenters. The van der Waals surface area contributed by atoms with Crippen molar-refractivity contribution in [1.82, 2.24) is 10.3 Å². The summed E-state index contributed by atoms with van der Waals surface area (Å²) in [5.74, 6) is -0.451. The second-order valence-corrected chi connectivity index (χ2v) is 5.25. The fraction of sp³-hybridized carbons (Fsp3) is 0.667. The number of carbonyl (C=O) groups is 1. The van der Waals surface area contributed by atoms with Crippen molar-refractivity contribution in [2.75, 3.05) is 31.1 Å². The molecule has 1 aromatic heterocycles. The predicted molar refractivity (Wildman–Crippen MR) is 66.8 cm³/mol. The highest BCUT2D eigenvalue weighted by Gasteiger charge is 2.23. The van der Waals surface area contributed by atoms with E-state index in [2.05, 4.69) is 10.3 Å². The van der Waals surface area contributed by atoms with Gasteiger partial charge in [-0.15, -0.1) is 0 Å². The Morgan fingerprint density at radius 2 is 2.11 bits per heavy atom. The maximum atomic E-state index is 11.8. The minimum atomic E-state index is -0.523. The number of esters is 1. The SMILES string of the molecule is CC(C)(C)OC(=O)c1coc(N2CCNCC2)n1. The number of ether oxygens (including phenoxy) is 1. The summed E-state index contributed by atoms with van der Waals surface area (Å²) in [6, 6.07) is 0.484. The first-order chi connectivity index (χ1) is 8.46. The first-order valence-corrected chi connectivity index (χ1v) is 6.10. The number of carbonyl (C=O) groups excluding carboxylic acids is 1. The van der Waals surface area contributed by atoms with E-state index < -0.39 is 11.6 Å². The number of nitrogens with zero attached hydrogens (tertiary/aromatic N) is 2. The van der Waals surface area contributed by atoms with Gasteiger partial charge in [-0.2, -0.15) is 4.98 Å². The summed E-state index contributed by atoms with van der Waals surface area (Å²) in [7, 11) is 0. The highest BCUT2D eigenvalue weighted by atomic mass is 16.6. The quantitative estimate of drug-likeness (QED) is 0.794. The molecule has 0 aliphatic carbocycles.